The highest BCUT2D eigenvalue weighted by atomic mass is 16.1. The van der Waals surface area contributed by atoms with E-state index in [4.69, 9.17) is 0 Å². The molecule has 1 heterocycles. The quantitative estimate of drug-likeness (QED) is 0.882. The van der Waals surface area contributed by atoms with Crippen molar-refractivity contribution in [2.24, 2.45) is 0 Å². The summed E-state index contributed by atoms with van der Waals surface area (Å²) in [5, 5.41) is 6.09. The van der Waals surface area contributed by atoms with Crippen molar-refractivity contribution in [3.8, 4) is 0 Å². The average Bonchev–Trinajstić information content (AvgIpc) is 2.39. The highest BCUT2D eigenvalue weighted by molar-refractivity contribution is 6.07. The van der Waals surface area contributed by atoms with E-state index in [1.807, 2.05) is 38.1 Å². The van der Waals surface area contributed by atoms with Crippen LogP contribution in [0.5, 0.6) is 0 Å². The molecule has 2 aromatic rings. The summed E-state index contributed by atoms with van der Waals surface area (Å²) in [7, 11) is 0. The number of hydrogen-bond acceptors (Lipinski definition) is 3. The molecule has 0 spiro atoms. The van der Waals surface area contributed by atoms with Crippen molar-refractivity contribution in [1.29, 1.82) is 0 Å². The number of hydrogen-bond donors (Lipinski definition) is 2. The Kier molecular flexibility index (Phi) is 4.13. The van der Waals surface area contributed by atoms with Gasteiger partial charge in [-0.15, -0.1) is 0 Å². The zero-order chi connectivity index (χ0) is 13.7. The molecule has 98 valence electrons. The molecule has 0 unspecified atom stereocenters. The molecule has 0 radical (unpaired) electrons. The molecule has 0 aliphatic carbocycles. The van der Waals surface area contributed by atoms with Crippen LogP contribution in [0.25, 0.3) is 0 Å². The normalized spacial score (nSPS) is 10.3. The van der Waals surface area contributed by atoms with Crippen LogP contribution in [0.3, 0.4) is 0 Å². The molecule has 2 rings (SSSR count). The standard InChI is InChI=1S/C15H17N3O/c1-11(2)17-14-8-4-3-7-13(14)15(19)18-12-6-5-9-16-10-12/h3-11,17H,1-2H3,(H,18,19). The number of benzene rings is 1. The number of pyridine rings is 1. The Bertz CT molecular complexity index is 552. The molecule has 19 heavy (non-hydrogen) atoms. The van der Waals surface area contributed by atoms with Gasteiger partial charge in [-0.3, -0.25) is 9.78 Å². The second kappa shape index (κ2) is 6.00. The monoisotopic (exact) mass is 255 g/mol. The van der Waals surface area contributed by atoms with Crippen molar-refractivity contribution in [3.05, 3.63) is 54.4 Å². The lowest BCUT2D eigenvalue weighted by Gasteiger charge is -2.14. The number of rotatable bonds is 4. The van der Waals surface area contributed by atoms with E-state index in [2.05, 4.69) is 15.6 Å². The Balaban J connectivity index is 2.19. The van der Waals surface area contributed by atoms with E-state index in [-0.39, 0.29) is 11.9 Å². The van der Waals surface area contributed by atoms with E-state index in [0.29, 0.717) is 11.3 Å². The predicted octanol–water partition coefficient (Wildman–Crippen LogP) is 3.15. The summed E-state index contributed by atoms with van der Waals surface area (Å²) in [6, 6.07) is 11.3. The molecular weight excluding hydrogens is 238 g/mol. The van der Waals surface area contributed by atoms with Gasteiger partial charge in [0.25, 0.3) is 5.91 Å². The Morgan fingerprint density at radius 1 is 1.16 bits per heavy atom. The lowest BCUT2D eigenvalue weighted by molar-refractivity contribution is 0.102. The molecule has 1 aromatic carbocycles. The van der Waals surface area contributed by atoms with Gasteiger partial charge in [0.1, 0.15) is 0 Å². The van der Waals surface area contributed by atoms with E-state index in [1.165, 1.54) is 0 Å². The minimum absolute atomic E-state index is 0.142. The Morgan fingerprint density at radius 2 is 1.95 bits per heavy atom. The van der Waals surface area contributed by atoms with Crippen molar-refractivity contribution >= 4 is 17.3 Å². The number of nitrogens with one attached hydrogen (secondary N) is 2. The Hall–Kier alpha value is -2.36. The molecule has 0 saturated heterocycles. The van der Waals surface area contributed by atoms with Crippen LogP contribution in [-0.4, -0.2) is 16.9 Å². The summed E-state index contributed by atoms with van der Waals surface area (Å²) in [6.45, 7) is 4.08. The fourth-order valence-corrected chi connectivity index (χ4v) is 1.75. The summed E-state index contributed by atoms with van der Waals surface area (Å²) >= 11 is 0. The lowest BCUT2D eigenvalue weighted by atomic mass is 10.1. The zero-order valence-electron chi connectivity index (χ0n) is 11.1. The van der Waals surface area contributed by atoms with Gasteiger partial charge in [0.05, 0.1) is 17.4 Å². The van der Waals surface area contributed by atoms with Gasteiger partial charge in [0, 0.05) is 17.9 Å². The number of para-hydroxylation sites is 1. The maximum atomic E-state index is 12.2. The van der Waals surface area contributed by atoms with E-state index in [0.717, 1.165) is 5.69 Å². The smallest absolute Gasteiger partial charge is 0.257 e. The minimum Gasteiger partial charge on any atom is -0.382 e. The minimum atomic E-state index is -0.142. The van der Waals surface area contributed by atoms with Crippen LogP contribution in [0.15, 0.2) is 48.8 Å². The Labute approximate surface area is 112 Å². The first kappa shape index (κ1) is 13.1. The van der Waals surface area contributed by atoms with Gasteiger partial charge >= 0.3 is 0 Å². The topological polar surface area (TPSA) is 54.0 Å². The first-order valence-electron chi connectivity index (χ1n) is 6.24. The maximum Gasteiger partial charge on any atom is 0.257 e. The SMILES string of the molecule is CC(C)Nc1ccccc1C(=O)Nc1cccnc1. The van der Waals surface area contributed by atoms with Gasteiger partial charge in [0.15, 0.2) is 0 Å². The predicted molar refractivity (Wildman–Crippen MR) is 77.4 cm³/mol. The largest absolute Gasteiger partial charge is 0.382 e. The molecule has 0 fully saturated rings. The van der Waals surface area contributed by atoms with Gasteiger partial charge in [-0.25, -0.2) is 0 Å². The first-order chi connectivity index (χ1) is 9.16. The third kappa shape index (κ3) is 3.55. The number of amides is 1. The van der Waals surface area contributed by atoms with Crippen molar-refractivity contribution in [2.75, 3.05) is 10.6 Å². The van der Waals surface area contributed by atoms with Crippen molar-refractivity contribution < 1.29 is 4.79 Å². The van der Waals surface area contributed by atoms with Crippen molar-refractivity contribution in [3.63, 3.8) is 0 Å². The fourth-order valence-electron chi connectivity index (χ4n) is 1.75. The first-order valence-corrected chi connectivity index (χ1v) is 6.24. The van der Waals surface area contributed by atoms with Crippen LogP contribution >= 0.6 is 0 Å². The average molecular weight is 255 g/mol. The zero-order valence-corrected chi connectivity index (χ0v) is 11.1. The molecular formula is C15H17N3O. The summed E-state index contributed by atoms with van der Waals surface area (Å²) < 4.78 is 0. The number of nitrogens with zero attached hydrogens (tertiary/aromatic N) is 1. The van der Waals surface area contributed by atoms with Crippen molar-refractivity contribution in [2.45, 2.75) is 19.9 Å². The van der Waals surface area contributed by atoms with E-state index in [1.54, 1.807) is 24.5 Å². The highest BCUT2D eigenvalue weighted by Crippen LogP contribution is 2.17. The number of carbonyl (C=O) groups excluding carboxylic acids is 1. The summed E-state index contributed by atoms with van der Waals surface area (Å²) in [5.74, 6) is -0.142. The van der Waals surface area contributed by atoms with Gasteiger partial charge in [-0.2, -0.15) is 0 Å². The van der Waals surface area contributed by atoms with Gasteiger partial charge in [0.2, 0.25) is 0 Å². The van der Waals surface area contributed by atoms with Crippen LogP contribution in [0.2, 0.25) is 0 Å². The van der Waals surface area contributed by atoms with Crippen LogP contribution in [-0.2, 0) is 0 Å². The third-order valence-electron chi connectivity index (χ3n) is 2.54. The van der Waals surface area contributed by atoms with Crippen LogP contribution < -0.4 is 10.6 Å². The number of carbonyl (C=O) groups is 1. The third-order valence-corrected chi connectivity index (χ3v) is 2.54. The second-order valence-corrected chi connectivity index (χ2v) is 4.54. The van der Waals surface area contributed by atoms with Gasteiger partial charge in [-0.1, -0.05) is 12.1 Å². The molecule has 4 heteroatoms. The molecule has 2 N–H and O–H groups in total. The van der Waals surface area contributed by atoms with E-state index >= 15 is 0 Å². The summed E-state index contributed by atoms with van der Waals surface area (Å²) in [5.41, 5.74) is 2.14. The van der Waals surface area contributed by atoms with Gasteiger partial charge in [-0.05, 0) is 38.1 Å². The molecule has 0 aliphatic heterocycles. The molecule has 1 aromatic heterocycles. The lowest BCUT2D eigenvalue weighted by Crippen LogP contribution is -2.17. The number of anilines is 2. The van der Waals surface area contributed by atoms with Crippen LogP contribution in [0.4, 0.5) is 11.4 Å². The highest BCUT2D eigenvalue weighted by Gasteiger charge is 2.11. The molecule has 0 saturated carbocycles. The van der Waals surface area contributed by atoms with Crippen LogP contribution in [0.1, 0.15) is 24.2 Å². The molecule has 4 nitrogen and oxygen atoms in total. The summed E-state index contributed by atoms with van der Waals surface area (Å²) in [4.78, 5) is 16.2. The fraction of sp³-hybridized carbons (Fsp3) is 0.200. The van der Waals surface area contributed by atoms with Gasteiger partial charge < -0.3 is 10.6 Å². The number of aromatic nitrogens is 1. The molecule has 0 atom stereocenters. The van der Waals surface area contributed by atoms with Crippen molar-refractivity contribution in [1.82, 2.24) is 4.98 Å². The van der Waals surface area contributed by atoms with E-state index in [9.17, 15) is 4.79 Å². The Morgan fingerprint density at radius 3 is 2.63 bits per heavy atom. The summed E-state index contributed by atoms with van der Waals surface area (Å²) in [6.07, 6.45) is 3.29. The molecule has 1 amide bonds. The van der Waals surface area contributed by atoms with E-state index < -0.39 is 0 Å². The maximum absolute atomic E-state index is 12.2. The molecule has 0 bridgehead atoms. The van der Waals surface area contributed by atoms with Crippen LogP contribution in [0, 0.1) is 0 Å². The molecule has 0 aliphatic rings. The second-order valence-electron chi connectivity index (χ2n) is 4.54.